The van der Waals surface area contributed by atoms with Crippen molar-refractivity contribution in [2.75, 3.05) is 0 Å². The van der Waals surface area contributed by atoms with Crippen LogP contribution in [0, 0.1) is 0 Å². The Morgan fingerprint density at radius 1 is 1.31 bits per heavy atom. The summed E-state index contributed by atoms with van der Waals surface area (Å²) in [5.74, 6) is -0.000813. The van der Waals surface area contributed by atoms with Gasteiger partial charge in [-0.25, -0.2) is 0 Å². The van der Waals surface area contributed by atoms with Gasteiger partial charge in [-0.1, -0.05) is 18.2 Å². The fraction of sp³-hybridized carbons (Fsp3) is 0.154. The maximum Gasteiger partial charge on any atom is 0.0811 e. The molecule has 2 radical (unpaired) electrons. The van der Waals surface area contributed by atoms with Crippen LogP contribution in [0.15, 0.2) is 30.6 Å². The molecule has 3 heteroatoms. The Morgan fingerprint density at radius 2 is 2.12 bits per heavy atom. The summed E-state index contributed by atoms with van der Waals surface area (Å²) < 4.78 is 2.17. The molecule has 1 aliphatic rings. The lowest BCUT2D eigenvalue weighted by Crippen LogP contribution is -1.90. The fourth-order valence-corrected chi connectivity index (χ4v) is 2.19. The molecule has 76 valence electrons. The second-order valence-electron chi connectivity index (χ2n) is 4.05. The van der Waals surface area contributed by atoms with E-state index >= 15 is 0 Å². The van der Waals surface area contributed by atoms with Crippen molar-refractivity contribution in [3.8, 4) is 0 Å². The van der Waals surface area contributed by atoms with Crippen molar-refractivity contribution in [3.63, 3.8) is 0 Å². The van der Waals surface area contributed by atoms with Crippen molar-refractivity contribution >= 4 is 30.9 Å². The standard InChI is InChI=1S/C13H11BN2/c1-16-12-5-3-9(14)2-4-10(12)11-8-15-7-6-13(11)16/h2-9H,1H3. The van der Waals surface area contributed by atoms with Gasteiger partial charge in [-0.2, -0.15) is 0 Å². The van der Waals surface area contributed by atoms with Gasteiger partial charge in [0.25, 0.3) is 0 Å². The van der Waals surface area contributed by atoms with Gasteiger partial charge >= 0.3 is 0 Å². The van der Waals surface area contributed by atoms with Crippen LogP contribution < -0.4 is 0 Å². The van der Waals surface area contributed by atoms with Crippen LogP contribution in [0.25, 0.3) is 23.1 Å². The van der Waals surface area contributed by atoms with E-state index in [1.165, 1.54) is 22.2 Å². The molecule has 1 aliphatic carbocycles. The average Bonchev–Trinajstić information content (AvgIpc) is 2.46. The van der Waals surface area contributed by atoms with Crippen LogP contribution in [0.4, 0.5) is 0 Å². The zero-order valence-corrected chi connectivity index (χ0v) is 9.09. The second-order valence-corrected chi connectivity index (χ2v) is 4.05. The van der Waals surface area contributed by atoms with Crippen molar-refractivity contribution in [1.82, 2.24) is 9.55 Å². The van der Waals surface area contributed by atoms with E-state index in [-0.39, 0.29) is 5.82 Å². The largest absolute Gasteiger partial charge is 0.344 e. The predicted molar refractivity (Wildman–Crippen MR) is 68.3 cm³/mol. The number of allylic oxidation sites excluding steroid dienone is 2. The number of aryl methyl sites for hydroxylation is 1. The minimum absolute atomic E-state index is 0.000813. The zero-order valence-electron chi connectivity index (χ0n) is 9.09. The summed E-state index contributed by atoms with van der Waals surface area (Å²) in [6.07, 6.45) is 11.9. The van der Waals surface area contributed by atoms with Crippen molar-refractivity contribution in [2.45, 2.75) is 5.82 Å². The van der Waals surface area contributed by atoms with Crippen molar-refractivity contribution < 1.29 is 0 Å². The number of hydrogen-bond donors (Lipinski definition) is 0. The Kier molecular flexibility index (Phi) is 1.99. The minimum Gasteiger partial charge on any atom is -0.344 e. The summed E-state index contributed by atoms with van der Waals surface area (Å²) in [4.78, 5) is 4.18. The summed E-state index contributed by atoms with van der Waals surface area (Å²) >= 11 is 0. The molecule has 0 aliphatic heterocycles. The third-order valence-electron chi connectivity index (χ3n) is 3.05. The molecule has 0 spiro atoms. The normalized spacial score (nSPS) is 18.7. The minimum atomic E-state index is -0.000813. The maximum absolute atomic E-state index is 5.87. The monoisotopic (exact) mass is 206 g/mol. The Bertz CT molecular complexity index is 608. The van der Waals surface area contributed by atoms with Crippen molar-refractivity contribution in [1.29, 1.82) is 0 Å². The molecule has 0 aromatic carbocycles. The molecule has 0 fully saturated rings. The van der Waals surface area contributed by atoms with Crippen LogP contribution in [-0.4, -0.2) is 17.4 Å². The highest BCUT2D eigenvalue weighted by molar-refractivity contribution is 6.15. The summed E-state index contributed by atoms with van der Waals surface area (Å²) in [6.45, 7) is 0. The van der Waals surface area contributed by atoms with E-state index in [4.69, 9.17) is 7.85 Å². The summed E-state index contributed by atoms with van der Waals surface area (Å²) in [6, 6.07) is 2.03. The Labute approximate surface area is 95.7 Å². The first kappa shape index (κ1) is 9.46. The molecule has 0 N–H and O–H groups in total. The average molecular weight is 206 g/mol. The van der Waals surface area contributed by atoms with E-state index in [9.17, 15) is 0 Å². The summed E-state index contributed by atoms with van der Waals surface area (Å²) in [5.41, 5.74) is 3.59. The van der Waals surface area contributed by atoms with Crippen LogP contribution >= 0.6 is 0 Å². The molecule has 0 saturated carbocycles. The quantitative estimate of drug-likeness (QED) is 0.605. The third-order valence-corrected chi connectivity index (χ3v) is 3.05. The fourth-order valence-electron chi connectivity index (χ4n) is 2.19. The van der Waals surface area contributed by atoms with Gasteiger partial charge in [-0.3, -0.25) is 4.98 Å². The van der Waals surface area contributed by atoms with Gasteiger partial charge < -0.3 is 4.57 Å². The molecular weight excluding hydrogens is 195 g/mol. The molecule has 3 rings (SSSR count). The van der Waals surface area contributed by atoms with Gasteiger partial charge in [0.05, 0.1) is 13.4 Å². The first-order valence-electron chi connectivity index (χ1n) is 5.32. The molecule has 2 aromatic heterocycles. The van der Waals surface area contributed by atoms with E-state index < -0.39 is 0 Å². The van der Waals surface area contributed by atoms with Crippen LogP contribution in [0.2, 0.25) is 5.82 Å². The highest BCUT2D eigenvalue weighted by atomic mass is 14.9. The van der Waals surface area contributed by atoms with Crippen LogP contribution in [0.1, 0.15) is 11.3 Å². The topological polar surface area (TPSA) is 17.8 Å². The lowest BCUT2D eigenvalue weighted by Gasteiger charge is -1.99. The summed E-state index contributed by atoms with van der Waals surface area (Å²) in [5, 5.41) is 1.18. The Hall–Kier alpha value is -1.77. The highest BCUT2D eigenvalue weighted by Gasteiger charge is 2.12. The van der Waals surface area contributed by atoms with Gasteiger partial charge in [-0.05, 0) is 18.0 Å². The summed E-state index contributed by atoms with van der Waals surface area (Å²) in [7, 11) is 7.93. The highest BCUT2D eigenvalue weighted by Crippen LogP contribution is 2.29. The Balaban J connectivity index is 2.40. The zero-order chi connectivity index (χ0) is 11.1. The first-order valence-corrected chi connectivity index (χ1v) is 5.32. The number of pyridine rings is 1. The molecule has 0 amide bonds. The SMILES string of the molecule is [B]C1C=Cc2c(n(C)c3ccncc23)C=C1. The lowest BCUT2D eigenvalue weighted by atomic mass is 9.87. The molecule has 0 saturated heterocycles. The van der Waals surface area contributed by atoms with Gasteiger partial charge in [-0.15, -0.1) is 0 Å². The van der Waals surface area contributed by atoms with Gasteiger partial charge in [0.2, 0.25) is 0 Å². The third kappa shape index (κ3) is 1.24. The van der Waals surface area contributed by atoms with E-state index in [2.05, 4.69) is 28.8 Å². The Morgan fingerprint density at radius 3 is 3.00 bits per heavy atom. The number of hydrogen-bond acceptors (Lipinski definition) is 1. The molecule has 16 heavy (non-hydrogen) atoms. The number of rotatable bonds is 0. The van der Waals surface area contributed by atoms with E-state index in [0.29, 0.717) is 0 Å². The molecule has 2 nitrogen and oxygen atoms in total. The van der Waals surface area contributed by atoms with Gasteiger partial charge in [0.15, 0.2) is 0 Å². The predicted octanol–water partition coefficient (Wildman–Crippen LogP) is 2.57. The van der Waals surface area contributed by atoms with Crippen molar-refractivity contribution in [2.24, 2.45) is 7.05 Å². The van der Waals surface area contributed by atoms with Gasteiger partial charge in [0, 0.05) is 36.1 Å². The number of nitrogens with zero attached hydrogens (tertiary/aromatic N) is 2. The lowest BCUT2D eigenvalue weighted by molar-refractivity contribution is 0.952. The molecule has 0 bridgehead atoms. The first-order chi connectivity index (χ1) is 7.77. The van der Waals surface area contributed by atoms with Crippen LogP contribution in [0.3, 0.4) is 0 Å². The van der Waals surface area contributed by atoms with E-state index in [1.54, 1.807) is 0 Å². The molecule has 1 unspecified atom stereocenters. The number of fused-ring (bicyclic) bond motifs is 3. The van der Waals surface area contributed by atoms with E-state index in [1.807, 2.05) is 30.6 Å². The van der Waals surface area contributed by atoms with Crippen LogP contribution in [-0.2, 0) is 7.05 Å². The number of aromatic nitrogens is 2. The van der Waals surface area contributed by atoms with E-state index in [0.717, 1.165) is 0 Å². The molecular formula is C13H11BN2. The van der Waals surface area contributed by atoms with Crippen molar-refractivity contribution in [3.05, 3.63) is 41.9 Å². The molecule has 2 aromatic rings. The molecule has 2 heterocycles. The second kappa shape index (κ2) is 3.37. The smallest absolute Gasteiger partial charge is 0.0811 e. The van der Waals surface area contributed by atoms with Gasteiger partial charge in [0.1, 0.15) is 0 Å². The van der Waals surface area contributed by atoms with Crippen LogP contribution in [0.5, 0.6) is 0 Å². The maximum atomic E-state index is 5.87. The molecule has 1 atom stereocenters.